The van der Waals surface area contributed by atoms with Crippen LogP contribution in [0.15, 0.2) is 0 Å². The van der Waals surface area contributed by atoms with Crippen LogP contribution < -0.4 is 5.32 Å². The van der Waals surface area contributed by atoms with Crippen molar-refractivity contribution in [3.05, 3.63) is 0 Å². The fraction of sp³-hybridized carbons (Fsp3) is 0.865. The molecule has 0 fully saturated rings. The average Bonchev–Trinajstić information content (AvgIpc) is 3.05. The Morgan fingerprint density at radius 3 is 1.33 bits per heavy atom. The average molecular weight is 638 g/mol. The molecule has 0 atom stereocenters. The standard InChI is InChI=1S/C37H67NO7/c1-2-3-4-5-6-7-8-9-10-11-12-13-14-15-16-17-18-19-20-21-22-23-24-37(40)38-25-27-41-29-31-43-33-35-45-36-34-44-32-30-42-28-26-39/h39H,2-12,17-36H2,1H3,(H,38,40). The molecular formula is C37H67NO7. The lowest BCUT2D eigenvalue weighted by atomic mass is 10.1. The lowest BCUT2D eigenvalue weighted by Gasteiger charge is -2.08. The zero-order valence-corrected chi connectivity index (χ0v) is 28.8. The second-order valence-corrected chi connectivity index (χ2v) is 11.3. The molecule has 0 radical (unpaired) electrons. The maximum absolute atomic E-state index is 12.0. The first-order valence-electron chi connectivity index (χ1n) is 18.0. The van der Waals surface area contributed by atoms with E-state index in [0.717, 1.165) is 32.1 Å². The molecule has 0 aliphatic rings. The van der Waals surface area contributed by atoms with E-state index < -0.39 is 0 Å². The number of carbonyl (C=O) groups is 1. The second kappa shape index (κ2) is 40.4. The summed E-state index contributed by atoms with van der Waals surface area (Å²) >= 11 is 0. The summed E-state index contributed by atoms with van der Waals surface area (Å²) in [5.74, 6) is 12.5. The van der Waals surface area contributed by atoms with Gasteiger partial charge in [0, 0.05) is 25.8 Å². The quantitative estimate of drug-likeness (QED) is 0.0596. The Labute approximate surface area is 276 Å². The van der Waals surface area contributed by atoms with Gasteiger partial charge in [0.25, 0.3) is 0 Å². The molecule has 8 nitrogen and oxygen atoms in total. The number of aliphatic hydroxyl groups is 1. The smallest absolute Gasteiger partial charge is 0.220 e. The van der Waals surface area contributed by atoms with Gasteiger partial charge in [-0.3, -0.25) is 4.79 Å². The van der Waals surface area contributed by atoms with Crippen molar-refractivity contribution in [3.63, 3.8) is 0 Å². The SMILES string of the molecule is CCCCCCCCCCCCC#CC#CCCCCCCCCC(=O)NCCOCCOCCOCCOCCOCCO. The van der Waals surface area contributed by atoms with Crippen molar-refractivity contribution >= 4 is 5.91 Å². The molecule has 262 valence electrons. The van der Waals surface area contributed by atoms with Gasteiger partial charge in [-0.05, 0) is 31.1 Å². The van der Waals surface area contributed by atoms with Gasteiger partial charge in [-0.2, -0.15) is 0 Å². The highest BCUT2D eigenvalue weighted by molar-refractivity contribution is 5.75. The molecule has 8 heteroatoms. The molecule has 0 bridgehead atoms. The van der Waals surface area contributed by atoms with Crippen LogP contribution >= 0.6 is 0 Å². The molecule has 0 aliphatic heterocycles. The number of nitrogens with one attached hydrogen (secondary N) is 1. The summed E-state index contributed by atoms with van der Waals surface area (Å²) in [5.41, 5.74) is 0. The zero-order valence-electron chi connectivity index (χ0n) is 28.8. The van der Waals surface area contributed by atoms with Gasteiger partial charge < -0.3 is 34.1 Å². The third-order valence-electron chi connectivity index (χ3n) is 7.14. The van der Waals surface area contributed by atoms with Gasteiger partial charge in [-0.1, -0.05) is 102 Å². The summed E-state index contributed by atoms with van der Waals surface area (Å²) in [6, 6.07) is 0. The molecule has 0 rings (SSSR count). The van der Waals surface area contributed by atoms with E-state index in [9.17, 15) is 4.79 Å². The predicted octanol–water partition coefficient (Wildman–Crippen LogP) is 6.62. The van der Waals surface area contributed by atoms with Crippen LogP contribution in [0.1, 0.15) is 129 Å². The molecule has 0 saturated carbocycles. The third-order valence-corrected chi connectivity index (χ3v) is 7.14. The van der Waals surface area contributed by atoms with Crippen molar-refractivity contribution in [1.29, 1.82) is 0 Å². The van der Waals surface area contributed by atoms with Crippen LogP contribution in [0.3, 0.4) is 0 Å². The van der Waals surface area contributed by atoms with E-state index >= 15 is 0 Å². The van der Waals surface area contributed by atoms with Crippen molar-refractivity contribution in [2.75, 3.05) is 79.2 Å². The van der Waals surface area contributed by atoms with Gasteiger partial charge in [0.15, 0.2) is 0 Å². The van der Waals surface area contributed by atoms with Crippen molar-refractivity contribution in [3.8, 4) is 23.7 Å². The molecule has 0 saturated heterocycles. The van der Waals surface area contributed by atoms with E-state index in [1.54, 1.807) is 0 Å². The van der Waals surface area contributed by atoms with Crippen molar-refractivity contribution in [2.24, 2.45) is 0 Å². The lowest BCUT2D eigenvalue weighted by Crippen LogP contribution is -2.27. The van der Waals surface area contributed by atoms with Crippen LogP contribution in [0.4, 0.5) is 0 Å². The summed E-state index contributed by atoms with van der Waals surface area (Å²) in [7, 11) is 0. The minimum absolute atomic E-state index is 0.0276. The molecule has 0 aromatic heterocycles. The second-order valence-electron chi connectivity index (χ2n) is 11.3. The summed E-state index contributed by atoms with van der Waals surface area (Å²) in [4.78, 5) is 12.0. The largest absolute Gasteiger partial charge is 0.394 e. The summed E-state index contributed by atoms with van der Waals surface area (Å²) in [5, 5.41) is 11.5. The van der Waals surface area contributed by atoms with E-state index in [-0.39, 0.29) is 12.5 Å². The van der Waals surface area contributed by atoms with Crippen LogP contribution in [0.25, 0.3) is 0 Å². The number of hydrogen-bond donors (Lipinski definition) is 2. The number of rotatable bonds is 35. The number of aliphatic hydroxyl groups excluding tert-OH is 1. The van der Waals surface area contributed by atoms with Gasteiger partial charge in [0.05, 0.1) is 72.7 Å². The molecule has 0 spiro atoms. The summed E-state index contributed by atoms with van der Waals surface area (Å²) < 4.78 is 26.8. The first-order valence-corrected chi connectivity index (χ1v) is 18.0. The van der Waals surface area contributed by atoms with Crippen LogP contribution in [0.2, 0.25) is 0 Å². The number of ether oxygens (including phenoxy) is 5. The van der Waals surface area contributed by atoms with E-state index in [2.05, 4.69) is 35.9 Å². The van der Waals surface area contributed by atoms with Gasteiger partial charge in [-0.15, -0.1) is 0 Å². The molecule has 1 amide bonds. The summed E-state index contributed by atoms with van der Waals surface area (Å²) in [6.45, 7) is 7.62. The maximum Gasteiger partial charge on any atom is 0.220 e. The minimum atomic E-state index is 0.0276. The highest BCUT2D eigenvalue weighted by Crippen LogP contribution is 2.11. The van der Waals surface area contributed by atoms with Crippen molar-refractivity contribution in [1.82, 2.24) is 5.32 Å². The molecule has 0 aromatic carbocycles. The van der Waals surface area contributed by atoms with Crippen LogP contribution in [0, 0.1) is 23.7 Å². The topological polar surface area (TPSA) is 95.5 Å². The van der Waals surface area contributed by atoms with E-state index in [1.165, 1.54) is 83.5 Å². The molecule has 0 heterocycles. The summed E-state index contributed by atoms with van der Waals surface area (Å²) in [6.07, 6.45) is 22.8. The highest BCUT2D eigenvalue weighted by Gasteiger charge is 2.01. The Bertz CT molecular complexity index is 726. The van der Waals surface area contributed by atoms with Gasteiger partial charge >= 0.3 is 0 Å². The maximum atomic E-state index is 12.0. The van der Waals surface area contributed by atoms with Gasteiger partial charge in [0.2, 0.25) is 5.91 Å². The lowest BCUT2D eigenvalue weighted by molar-refractivity contribution is -0.121. The minimum Gasteiger partial charge on any atom is -0.394 e. The van der Waals surface area contributed by atoms with Gasteiger partial charge in [-0.25, -0.2) is 0 Å². The number of hydrogen-bond acceptors (Lipinski definition) is 7. The Kier molecular flexibility index (Phi) is 38.9. The number of amides is 1. The highest BCUT2D eigenvalue weighted by atomic mass is 16.6. The van der Waals surface area contributed by atoms with Crippen LogP contribution in [0.5, 0.6) is 0 Å². The normalized spacial score (nSPS) is 10.7. The van der Waals surface area contributed by atoms with E-state index in [4.69, 9.17) is 28.8 Å². The molecule has 45 heavy (non-hydrogen) atoms. The fourth-order valence-corrected chi connectivity index (χ4v) is 4.52. The van der Waals surface area contributed by atoms with E-state index in [0.29, 0.717) is 79.0 Å². The Hall–Kier alpha value is -1.65. The third kappa shape index (κ3) is 40.3. The molecule has 2 N–H and O–H groups in total. The Morgan fingerprint density at radius 1 is 0.511 bits per heavy atom. The zero-order chi connectivity index (χ0) is 32.6. The number of unbranched alkanes of at least 4 members (excludes halogenated alkanes) is 16. The molecule has 0 aliphatic carbocycles. The van der Waals surface area contributed by atoms with Crippen LogP contribution in [-0.4, -0.2) is 90.2 Å². The Balaban J connectivity index is 3.27. The predicted molar refractivity (Wildman–Crippen MR) is 183 cm³/mol. The molecular weight excluding hydrogens is 570 g/mol. The Morgan fingerprint density at radius 2 is 0.889 bits per heavy atom. The molecule has 0 aromatic rings. The fourth-order valence-electron chi connectivity index (χ4n) is 4.52. The van der Waals surface area contributed by atoms with Gasteiger partial charge in [0.1, 0.15) is 0 Å². The van der Waals surface area contributed by atoms with E-state index in [1.807, 2.05) is 0 Å². The first-order chi connectivity index (χ1) is 22.3. The van der Waals surface area contributed by atoms with Crippen LogP contribution in [-0.2, 0) is 28.5 Å². The molecule has 0 unspecified atom stereocenters. The van der Waals surface area contributed by atoms with Crippen molar-refractivity contribution in [2.45, 2.75) is 129 Å². The number of carbonyl (C=O) groups excluding carboxylic acids is 1. The van der Waals surface area contributed by atoms with Crippen molar-refractivity contribution < 1.29 is 33.6 Å². The first kappa shape index (κ1) is 43.4. The monoisotopic (exact) mass is 637 g/mol.